The van der Waals surface area contributed by atoms with Crippen LogP contribution in [0.1, 0.15) is 26.3 Å². The van der Waals surface area contributed by atoms with Gasteiger partial charge in [0.1, 0.15) is 11.2 Å². The number of fused-ring (bicyclic) bond motifs is 6. The van der Waals surface area contributed by atoms with Crippen molar-refractivity contribution in [1.29, 1.82) is 0 Å². The molecule has 0 aliphatic heterocycles. The van der Waals surface area contributed by atoms with Gasteiger partial charge in [-0.3, -0.25) is 0 Å². The zero-order valence-electron chi connectivity index (χ0n) is 24.5. The zero-order chi connectivity index (χ0) is 29.1. The molecule has 208 valence electrons. The average Bonchev–Trinajstić information content (AvgIpc) is 3.60. The highest BCUT2D eigenvalue weighted by atomic mass is 32.1. The molecule has 0 unspecified atom stereocenters. The summed E-state index contributed by atoms with van der Waals surface area (Å²) in [7, 11) is 0. The van der Waals surface area contributed by atoms with E-state index in [1.807, 2.05) is 23.5 Å². The van der Waals surface area contributed by atoms with E-state index in [-0.39, 0.29) is 5.41 Å². The molecular formula is C40H31NOS. The Labute approximate surface area is 255 Å². The lowest BCUT2D eigenvalue weighted by Crippen LogP contribution is -2.11. The molecule has 3 heteroatoms. The molecule has 0 bridgehead atoms. The first kappa shape index (κ1) is 25.8. The highest BCUT2D eigenvalue weighted by molar-refractivity contribution is 7.26. The van der Waals surface area contributed by atoms with E-state index >= 15 is 0 Å². The number of hydrogen-bond donors (Lipinski definition) is 0. The summed E-state index contributed by atoms with van der Waals surface area (Å²) in [4.78, 5) is 2.39. The van der Waals surface area contributed by atoms with Crippen molar-refractivity contribution in [2.75, 3.05) is 4.90 Å². The van der Waals surface area contributed by atoms with E-state index in [0.29, 0.717) is 0 Å². The SMILES string of the molecule is CC(C)(C)c1cccc2c1sc1cccc(N(c3ccc(-c4ccccc4)cc3)c3ccc4c(c3)oc3ccccc34)c12. The summed E-state index contributed by atoms with van der Waals surface area (Å²) in [6.45, 7) is 6.91. The molecule has 0 N–H and O–H groups in total. The van der Waals surface area contributed by atoms with Gasteiger partial charge in [0.25, 0.3) is 0 Å². The van der Waals surface area contributed by atoms with Crippen molar-refractivity contribution in [2.45, 2.75) is 26.2 Å². The Balaban J connectivity index is 1.38. The van der Waals surface area contributed by atoms with E-state index in [2.05, 4.69) is 147 Å². The first-order valence-corrected chi connectivity index (χ1v) is 15.6. The number of rotatable bonds is 4. The normalized spacial score (nSPS) is 12.1. The van der Waals surface area contributed by atoms with Gasteiger partial charge in [-0.15, -0.1) is 11.3 Å². The topological polar surface area (TPSA) is 16.4 Å². The van der Waals surface area contributed by atoms with E-state index in [0.717, 1.165) is 39.0 Å². The van der Waals surface area contributed by atoms with Crippen LogP contribution in [-0.4, -0.2) is 0 Å². The first-order chi connectivity index (χ1) is 21.0. The molecule has 8 aromatic rings. The van der Waals surface area contributed by atoms with Crippen molar-refractivity contribution in [3.8, 4) is 11.1 Å². The summed E-state index contributed by atoms with van der Waals surface area (Å²) in [5, 5.41) is 4.86. The van der Waals surface area contributed by atoms with Gasteiger partial charge in [-0.05, 0) is 64.6 Å². The fourth-order valence-corrected chi connectivity index (χ4v) is 7.77. The summed E-state index contributed by atoms with van der Waals surface area (Å²) >= 11 is 1.90. The Morgan fingerprint density at radius 1 is 0.558 bits per heavy atom. The maximum Gasteiger partial charge on any atom is 0.137 e. The Morgan fingerprint density at radius 3 is 2.05 bits per heavy atom. The zero-order valence-corrected chi connectivity index (χ0v) is 25.3. The molecule has 0 fully saturated rings. The molecule has 0 saturated carbocycles. The van der Waals surface area contributed by atoms with Crippen molar-refractivity contribution < 1.29 is 4.42 Å². The van der Waals surface area contributed by atoms with E-state index in [1.54, 1.807) is 0 Å². The Hall–Kier alpha value is -4.86. The quantitative estimate of drug-likeness (QED) is 0.208. The van der Waals surface area contributed by atoms with Crippen LogP contribution in [0, 0.1) is 0 Å². The molecule has 43 heavy (non-hydrogen) atoms. The standard InChI is InChI=1S/C40H31NOS/c1-40(2,3)33-15-9-14-32-38-34(16-10-18-37(38)43-39(32)33)41(28-21-19-27(20-22-28)26-11-5-4-6-12-26)29-23-24-31-30-13-7-8-17-35(30)42-36(31)25-29/h4-25H,1-3H3. The number of benzene rings is 6. The lowest BCUT2D eigenvalue weighted by molar-refractivity contribution is 0.597. The molecule has 2 heterocycles. The van der Waals surface area contributed by atoms with Crippen LogP contribution in [0.4, 0.5) is 17.1 Å². The fourth-order valence-electron chi connectivity index (χ4n) is 6.32. The van der Waals surface area contributed by atoms with Gasteiger partial charge in [-0.1, -0.05) is 106 Å². The van der Waals surface area contributed by atoms with Gasteiger partial charge in [0, 0.05) is 48.4 Å². The number of nitrogens with zero attached hydrogens (tertiary/aromatic N) is 1. The number of furan rings is 1. The van der Waals surface area contributed by atoms with Crippen LogP contribution in [-0.2, 0) is 5.41 Å². The predicted octanol–water partition coefficient (Wildman–Crippen LogP) is 12.4. The molecule has 8 rings (SSSR count). The minimum Gasteiger partial charge on any atom is -0.456 e. The van der Waals surface area contributed by atoms with Crippen molar-refractivity contribution in [2.24, 2.45) is 0 Å². The van der Waals surface area contributed by atoms with Crippen LogP contribution < -0.4 is 4.90 Å². The Kier molecular flexibility index (Phi) is 5.92. The third-order valence-corrected chi connectivity index (χ3v) is 9.61. The molecule has 0 aliphatic carbocycles. The van der Waals surface area contributed by atoms with Gasteiger partial charge in [-0.2, -0.15) is 0 Å². The molecule has 0 atom stereocenters. The minimum absolute atomic E-state index is 0.0554. The van der Waals surface area contributed by atoms with Gasteiger partial charge < -0.3 is 9.32 Å². The summed E-state index contributed by atoms with van der Waals surface area (Å²) < 4.78 is 9.02. The van der Waals surface area contributed by atoms with Gasteiger partial charge in [-0.25, -0.2) is 0 Å². The molecule has 2 nitrogen and oxygen atoms in total. The monoisotopic (exact) mass is 573 g/mol. The second kappa shape index (κ2) is 9.86. The highest BCUT2D eigenvalue weighted by Crippen LogP contribution is 2.47. The van der Waals surface area contributed by atoms with Crippen LogP contribution in [0.5, 0.6) is 0 Å². The third-order valence-electron chi connectivity index (χ3n) is 8.40. The summed E-state index contributed by atoms with van der Waals surface area (Å²) in [6.07, 6.45) is 0. The Morgan fingerprint density at radius 2 is 1.23 bits per heavy atom. The summed E-state index contributed by atoms with van der Waals surface area (Å²) in [5.74, 6) is 0. The van der Waals surface area contributed by atoms with Gasteiger partial charge in [0.15, 0.2) is 0 Å². The van der Waals surface area contributed by atoms with Crippen molar-refractivity contribution >= 4 is 70.5 Å². The molecule has 0 aliphatic rings. The number of thiophene rings is 1. The molecule has 0 spiro atoms. The second-order valence-electron chi connectivity index (χ2n) is 12.2. The van der Waals surface area contributed by atoms with Crippen LogP contribution >= 0.6 is 11.3 Å². The Bertz CT molecular complexity index is 2270. The first-order valence-electron chi connectivity index (χ1n) is 14.8. The summed E-state index contributed by atoms with van der Waals surface area (Å²) in [5.41, 5.74) is 9.00. The van der Waals surface area contributed by atoms with Crippen LogP contribution in [0.15, 0.2) is 138 Å². The average molecular weight is 574 g/mol. The van der Waals surface area contributed by atoms with Crippen molar-refractivity contribution in [1.82, 2.24) is 0 Å². The second-order valence-corrected chi connectivity index (χ2v) is 13.3. The lowest BCUT2D eigenvalue weighted by Gasteiger charge is -2.27. The molecule has 2 aromatic heterocycles. The molecule has 0 amide bonds. The molecular weight excluding hydrogens is 543 g/mol. The number of para-hydroxylation sites is 1. The van der Waals surface area contributed by atoms with E-state index in [9.17, 15) is 0 Å². The lowest BCUT2D eigenvalue weighted by atomic mass is 9.86. The maximum absolute atomic E-state index is 6.36. The molecule has 6 aromatic carbocycles. The van der Waals surface area contributed by atoms with Crippen LogP contribution in [0.25, 0.3) is 53.2 Å². The smallest absolute Gasteiger partial charge is 0.137 e. The predicted molar refractivity (Wildman–Crippen MR) is 185 cm³/mol. The van der Waals surface area contributed by atoms with Gasteiger partial charge in [0.05, 0.1) is 5.69 Å². The van der Waals surface area contributed by atoms with Gasteiger partial charge >= 0.3 is 0 Å². The molecule has 0 saturated heterocycles. The van der Waals surface area contributed by atoms with E-state index in [1.165, 1.54) is 36.9 Å². The fraction of sp³-hybridized carbons (Fsp3) is 0.100. The minimum atomic E-state index is 0.0554. The van der Waals surface area contributed by atoms with Crippen molar-refractivity contribution in [3.63, 3.8) is 0 Å². The van der Waals surface area contributed by atoms with Crippen LogP contribution in [0.2, 0.25) is 0 Å². The molecule has 0 radical (unpaired) electrons. The maximum atomic E-state index is 6.36. The van der Waals surface area contributed by atoms with E-state index < -0.39 is 0 Å². The van der Waals surface area contributed by atoms with Crippen LogP contribution in [0.3, 0.4) is 0 Å². The highest BCUT2D eigenvalue weighted by Gasteiger charge is 2.23. The van der Waals surface area contributed by atoms with Crippen molar-refractivity contribution in [3.05, 3.63) is 139 Å². The number of hydrogen-bond acceptors (Lipinski definition) is 3. The van der Waals surface area contributed by atoms with E-state index in [4.69, 9.17) is 4.42 Å². The number of anilines is 3. The third kappa shape index (κ3) is 4.31. The largest absolute Gasteiger partial charge is 0.456 e. The van der Waals surface area contributed by atoms with Gasteiger partial charge in [0.2, 0.25) is 0 Å². The summed E-state index contributed by atoms with van der Waals surface area (Å²) in [6, 6.07) is 47.8.